The molecular weight excluding hydrogens is 382 g/mol. The van der Waals surface area contributed by atoms with Crippen LogP contribution in [-0.2, 0) is 0 Å². The van der Waals surface area contributed by atoms with Gasteiger partial charge in [-0.2, -0.15) is 0 Å². The number of nitrogens with zero attached hydrogens (tertiary/aromatic N) is 2. The van der Waals surface area contributed by atoms with Crippen molar-refractivity contribution in [1.82, 2.24) is 9.55 Å². The third-order valence-corrected chi connectivity index (χ3v) is 6.34. The summed E-state index contributed by atoms with van der Waals surface area (Å²) < 4.78 is 8.28. The molecule has 1 saturated carbocycles. The van der Waals surface area contributed by atoms with E-state index in [1.165, 1.54) is 35.9 Å². The standard InChI is InChI=1S/C27H37N3O/c1-17(2)31-23-10-8-21(9-11-23)28-26-29-25-20(5)12-18(3)14-24(25)30(26)22-13-19(4)15-27(6,7)16-22/h8-12,14,17,19,22H,13,15-16H2,1-7H3,(H,28,29)/t19-,22+/m0/s1. The number of fused-ring (bicyclic) bond motifs is 1. The molecule has 4 rings (SSSR count). The molecule has 0 bridgehead atoms. The van der Waals surface area contributed by atoms with Crippen molar-refractivity contribution in [3.63, 3.8) is 0 Å². The topological polar surface area (TPSA) is 39.1 Å². The van der Waals surface area contributed by atoms with E-state index in [2.05, 4.69) is 68.8 Å². The van der Waals surface area contributed by atoms with Gasteiger partial charge in [-0.15, -0.1) is 0 Å². The summed E-state index contributed by atoms with van der Waals surface area (Å²) in [6.45, 7) is 15.7. The molecule has 2 aromatic carbocycles. The zero-order valence-electron chi connectivity index (χ0n) is 20.1. The summed E-state index contributed by atoms with van der Waals surface area (Å²) in [6.07, 6.45) is 3.82. The lowest BCUT2D eigenvalue weighted by molar-refractivity contribution is 0.140. The van der Waals surface area contributed by atoms with Crippen molar-refractivity contribution < 1.29 is 4.74 Å². The highest BCUT2D eigenvalue weighted by molar-refractivity contribution is 5.83. The summed E-state index contributed by atoms with van der Waals surface area (Å²) >= 11 is 0. The number of ether oxygens (including phenoxy) is 1. The molecule has 3 aromatic rings. The minimum atomic E-state index is 0.172. The van der Waals surface area contributed by atoms with Gasteiger partial charge in [0, 0.05) is 11.7 Å². The molecule has 0 spiro atoms. The smallest absolute Gasteiger partial charge is 0.208 e. The molecule has 4 nitrogen and oxygen atoms in total. The van der Waals surface area contributed by atoms with Crippen molar-refractivity contribution in [2.45, 2.75) is 79.9 Å². The maximum atomic E-state index is 5.80. The molecule has 4 heteroatoms. The number of aryl methyl sites for hydroxylation is 2. The molecule has 1 fully saturated rings. The highest BCUT2D eigenvalue weighted by Gasteiger charge is 2.34. The van der Waals surface area contributed by atoms with Crippen LogP contribution in [0.4, 0.5) is 11.6 Å². The second-order valence-corrected chi connectivity index (χ2v) is 10.6. The Labute approximate surface area is 187 Å². The summed E-state index contributed by atoms with van der Waals surface area (Å²) in [5, 5.41) is 3.62. The van der Waals surface area contributed by atoms with E-state index in [-0.39, 0.29) is 6.10 Å². The van der Waals surface area contributed by atoms with Crippen LogP contribution in [0.3, 0.4) is 0 Å². The number of hydrogen-bond acceptors (Lipinski definition) is 3. The zero-order valence-corrected chi connectivity index (χ0v) is 20.1. The molecular formula is C27H37N3O. The third-order valence-electron chi connectivity index (χ3n) is 6.34. The molecule has 1 aliphatic rings. The van der Waals surface area contributed by atoms with Crippen molar-refractivity contribution in [3.8, 4) is 5.75 Å². The lowest BCUT2D eigenvalue weighted by Gasteiger charge is -2.40. The lowest BCUT2D eigenvalue weighted by Crippen LogP contribution is -2.29. The molecule has 0 radical (unpaired) electrons. The van der Waals surface area contributed by atoms with Crippen LogP contribution < -0.4 is 10.1 Å². The van der Waals surface area contributed by atoms with Gasteiger partial charge in [-0.25, -0.2) is 4.98 Å². The van der Waals surface area contributed by atoms with Crippen molar-refractivity contribution >= 4 is 22.7 Å². The molecule has 1 aromatic heterocycles. The van der Waals surface area contributed by atoms with Crippen LogP contribution >= 0.6 is 0 Å². The van der Waals surface area contributed by atoms with Crippen molar-refractivity contribution in [2.24, 2.45) is 11.3 Å². The quantitative estimate of drug-likeness (QED) is 0.463. The molecule has 2 atom stereocenters. The van der Waals surface area contributed by atoms with Gasteiger partial charge in [0.2, 0.25) is 5.95 Å². The van der Waals surface area contributed by atoms with Crippen LogP contribution in [0.5, 0.6) is 5.75 Å². The van der Waals surface area contributed by atoms with Crippen LogP contribution in [0.15, 0.2) is 36.4 Å². The van der Waals surface area contributed by atoms with Gasteiger partial charge in [-0.05, 0) is 99.7 Å². The highest BCUT2D eigenvalue weighted by atomic mass is 16.5. The molecule has 1 N–H and O–H groups in total. The molecule has 1 aliphatic carbocycles. The fraction of sp³-hybridized carbons (Fsp3) is 0.519. The number of hydrogen-bond donors (Lipinski definition) is 1. The number of anilines is 2. The molecule has 0 aliphatic heterocycles. The second-order valence-electron chi connectivity index (χ2n) is 10.6. The Morgan fingerprint density at radius 2 is 1.81 bits per heavy atom. The van der Waals surface area contributed by atoms with E-state index in [0.29, 0.717) is 17.4 Å². The molecule has 0 unspecified atom stereocenters. The summed E-state index contributed by atoms with van der Waals surface area (Å²) in [5.74, 6) is 2.54. The predicted molar refractivity (Wildman–Crippen MR) is 131 cm³/mol. The van der Waals surface area contributed by atoms with Gasteiger partial charge in [-0.3, -0.25) is 0 Å². The van der Waals surface area contributed by atoms with E-state index < -0.39 is 0 Å². The van der Waals surface area contributed by atoms with Gasteiger partial charge < -0.3 is 14.6 Å². The monoisotopic (exact) mass is 419 g/mol. The summed E-state index contributed by atoms with van der Waals surface area (Å²) in [6, 6.07) is 13.2. The molecule has 166 valence electrons. The van der Waals surface area contributed by atoms with Gasteiger partial charge in [0.1, 0.15) is 5.75 Å². The number of rotatable bonds is 5. The zero-order chi connectivity index (χ0) is 22.3. The van der Waals surface area contributed by atoms with Gasteiger partial charge in [0.25, 0.3) is 0 Å². The first-order chi connectivity index (χ1) is 14.6. The number of imidazole rings is 1. The Hall–Kier alpha value is -2.49. The highest BCUT2D eigenvalue weighted by Crippen LogP contribution is 2.46. The predicted octanol–water partition coefficient (Wildman–Crippen LogP) is 7.57. The summed E-state index contributed by atoms with van der Waals surface area (Å²) in [7, 11) is 0. The van der Waals surface area contributed by atoms with E-state index in [0.717, 1.165) is 22.9 Å². The van der Waals surface area contributed by atoms with Gasteiger partial charge in [0.15, 0.2) is 0 Å². The fourth-order valence-corrected chi connectivity index (χ4v) is 5.51. The largest absolute Gasteiger partial charge is 0.491 e. The maximum absolute atomic E-state index is 5.80. The van der Waals surface area contributed by atoms with Crippen molar-refractivity contribution in [3.05, 3.63) is 47.5 Å². The van der Waals surface area contributed by atoms with Gasteiger partial charge in [-0.1, -0.05) is 26.8 Å². The summed E-state index contributed by atoms with van der Waals surface area (Å²) in [4.78, 5) is 5.09. The Morgan fingerprint density at radius 3 is 2.45 bits per heavy atom. The fourth-order valence-electron chi connectivity index (χ4n) is 5.51. The first kappa shape index (κ1) is 21.7. The maximum Gasteiger partial charge on any atom is 0.208 e. The van der Waals surface area contributed by atoms with Crippen LogP contribution in [0.25, 0.3) is 11.0 Å². The SMILES string of the molecule is Cc1cc(C)c2nc(Nc3ccc(OC(C)C)cc3)n([C@@H]3C[C@H](C)CC(C)(C)C3)c2c1. The Morgan fingerprint density at radius 1 is 1.10 bits per heavy atom. The van der Waals surface area contributed by atoms with Crippen molar-refractivity contribution in [2.75, 3.05) is 5.32 Å². The molecule has 0 amide bonds. The van der Waals surface area contributed by atoms with Crippen molar-refractivity contribution in [1.29, 1.82) is 0 Å². The van der Waals surface area contributed by atoms with E-state index in [4.69, 9.17) is 9.72 Å². The average molecular weight is 420 g/mol. The minimum Gasteiger partial charge on any atom is -0.491 e. The number of aromatic nitrogens is 2. The number of benzene rings is 2. The molecule has 1 heterocycles. The van der Waals surface area contributed by atoms with E-state index >= 15 is 0 Å². The average Bonchev–Trinajstić information content (AvgIpc) is 2.99. The Balaban J connectivity index is 1.76. The lowest BCUT2D eigenvalue weighted by atomic mass is 9.70. The van der Waals surface area contributed by atoms with Crippen LogP contribution in [0.2, 0.25) is 0 Å². The van der Waals surface area contributed by atoms with Gasteiger partial charge in [0.05, 0.1) is 17.1 Å². The first-order valence-corrected chi connectivity index (χ1v) is 11.6. The first-order valence-electron chi connectivity index (χ1n) is 11.6. The van der Waals surface area contributed by atoms with E-state index in [1.807, 2.05) is 26.0 Å². The van der Waals surface area contributed by atoms with Crippen LogP contribution in [0, 0.1) is 25.2 Å². The van der Waals surface area contributed by atoms with Gasteiger partial charge >= 0.3 is 0 Å². The van der Waals surface area contributed by atoms with E-state index in [1.54, 1.807) is 0 Å². The Bertz CT molecular complexity index is 1060. The van der Waals surface area contributed by atoms with Crippen LogP contribution in [0.1, 0.15) is 71.0 Å². The minimum absolute atomic E-state index is 0.172. The normalized spacial score (nSPS) is 20.9. The molecule has 31 heavy (non-hydrogen) atoms. The van der Waals surface area contributed by atoms with Crippen LogP contribution in [-0.4, -0.2) is 15.7 Å². The summed E-state index contributed by atoms with van der Waals surface area (Å²) in [5.41, 5.74) is 6.24. The van der Waals surface area contributed by atoms with E-state index in [9.17, 15) is 0 Å². The number of nitrogens with one attached hydrogen (secondary N) is 1. The molecule has 0 saturated heterocycles. The Kier molecular flexibility index (Phi) is 5.76. The third kappa shape index (κ3) is 4.73. The second kappa shape index (κ2) is 8.22.